The third-order valence-electron chi connectivity index (χ3n) is 6.33. The molecule has 6 nitrogen and oxygen atoms in total. The van der Waals surface area contributed by atoms with Crippen molar-refractivity contribution in [1.29, 1.82) is 0 Å². The van der Waals surface area contributed by atoms with Crippen molar-refractivity contribution in [2.75, 3.05) is 0 Å². The zero-order chi connectivity index (χ0) is 22.2. The Morgan fingerprint density at radius 1 is 1.07 bits per heavy atom. The molecule has 0 spiro atoms. The minimum Gasteiger partial charge on any atom is -0.508 e. The highest BCUT2D eigenvalue weighted by molar-refractivity contribution is 5.73. The zero-order valence-corrected chi connectivity index (χ0v) is 18.3. The topological polar surface area (TPSA) is 104 Å². The maximum atomic E-state index is 11.2. The Morgan fingerprint density at radius 2 is 1.73 bits per heavy atom. The van der Waals surface area contributed by atoms with Crippen molar-refractivity contribution >= 4 is 12.4 Å². The second-order valence-electron chi connectivity index (χ2n) is 9.28. The summed E-state index contributed by atoms with van der Waals surface area (Å²) in [5, 5.41) is 29.9. The lowest BCUT2D eigenvalue weighted by Crippen LogP contribution is -2.23. The number of phenolic OH excluding ortho intramolecular Hbond substituents is 2. The lowest BCUT2D eigenvalue weighted by Gasteiger charge is -2.18. The molecule has 0 bridgehead atoms. The van der Waals surface area contributed by atoms with Gasteiger partial charge in [-0.3, -0.25) is 9.59 Å². The van der Waals surface area contributed by atoms with E-state index >= 15 is 0 Å². The number of carboxylic acids is 1. The number of benzene rings is 1. The van der Waals surface area contributed by atoms with Gasteiger partial charge in [-0.05, 0) is 83.3 Å². The number of aryl methyl sites for hydroxylation is 1. The molecular weight excluding hydrogens is 384 g/mol. The quantitative estimate of drug-likeness (QED) is 0.269. The Kier molecular flexibility index (Phi) is 8.56. The number of ether oxygens (including phenoxy) is 1. The SMILES string of the molecule is CC(C)(CCCCCc1ccc(O)c(CCCCCC2(OC=O)CC2)c1O)C(=O)O. The molecule has 1 aliphatic carbocycles. The highest BCUT2D eigenvalue weighted by Gasteiger charge is 2.44. The summed E-state index contributed by atoms with van der Waals surface area (Å²) in [6.45, 7) is 4.03. The van der Waals surface area contributed by atoms with Gasteiger partial charge in [-0.25, -0.2) is 0 Å². The van der Waals surface area contributed by atoms with Gasteiger partial charge in [-0.2, -0.15) is 0 Å². The maximum Gasteiger partial charge on any atom is 0.309 e. The lowest BCUT2D eigenvalue weighted by atomic mass is 9.87. The van der Waals surface area contributed by atoms with Crippen molar-refractivity contribution in [3.05, 3.63) is 23.3 Å². The van der Waals surface area contributed by atoms with Crippen LogP contribution in [0.15, 0.2) is 12.1 Å². The molecule has 6 heteroatoms. The summed E-state index contributed by atoms with van der Waals surface area (Å²) in [5.41, 5.74) is 0.513. The van der Waals surface area contributed by atoms with Crippen molar-refractivity contribution in [2.24, 2.45) is 5.41 Å². The van der Waals surface area contributed by atoms with Crippen molar-refractivity contribution in [3.63, 3.8) is 0 Å². The molecule has 0 saturated heterocycles. The fraction of sp³-hybridized carbons (Fsp3) is 0.667. The van der Waals surface area contributed by atoms with Crippen LogP contribution in [0.25, 0.3) is 0 Å². The van der Waals surface area contributed by atoms with Gasteiger partial charge >= 0.3 is 5.97 Å². The summed E-state index contributed by atoms with van der Waals surface area (Å²) in [7, 11) is 0. The van der Waals surface area contributed by atoms with E-state index in [1.165, 1.54) is 0 Å². The van der Waals surface area contributed by atoms with Gasteiger partial charge in [-0.15, -0.1) is 0 Å². The van der Waals surface area contributed by atoms with Crippen LogP contribution in [-0.2, 0) is 27.2 Å². The van der Waals surface area contributed by atoms with Crippen LogP contribution in [0.5, 0.6) is 11.5 Å². The van der Waals surface area contributed by atoms with Crippen molar-refractivity contribution < 1.29 is 29.6 Å². The van der Waals surface area contributed by atoms with E-state index in [4.69, 9.17) is 9.84 Å². The molecule has 0 unspecified atom stereocenters. The van der Waals surface area contributed by atoms with Crippen LogP contribution in [0.1, 0.15) is 89.2 Å². The summed E-state index contributed by atoms with van der Waals surface area (Å²) >= 11 is 0. The third-order valence-corrected chi connectivity index (χ3v) is 6.33. The first kappa shape index (κ1) is 24.0. The second-order valence-corrected chi connectivity index (χ2v) is 9.28. The molecule has 0 aromatic heterocycles. The minimum absolute atomic E-state index is 0.127. The third kappa shape index (κ3) is 6.92. The van der Waals surface area contributed by atoms with Gasteiger partial charge < -0.3 is 20.1 Å². The summed E-state index contributed by atoms with van der Waals surface area (Å²) in [6, 6.07) is 3.41. The summed E-state index contributed by atoms with van der Waals surface area (Å²) in [6.07, 6.45) is 10.1. The number of carboxylic acid groups (broad SMARTS) is 1. The molecule has 0 aliphatic heterocycles. The van der Waals surface area contributed by atoms with Crippen molar-refractivity contribution in [3.8, 4) is 11.5 Å². The molecule has 0 radical (unpaired) electrons. The normalized spacial score (nSPS) is 15.0. The van der Waals surface area contributed by atoms with Gasteiger partial charge in [0.1, 0.15) is 17.1 Å². The van der Waals surface area contributed by atoms with Crippen LogP contribution in [0, 0.1) is 5.41 Å². The van der Waals surface area contributed by atoms with E-state index in [0.29, 0.717) is 31.3 Å². The van der Waals surface area contributed by atoms with Crippen molar-refractivity contribution in [2.45, 2.75) is 96.5 Å². The van der Waals surface area contributed by atoms with Crippen LogP contribution in [0.2, 0.25) is 0 Å². The number of phenols is 2. The Hall–Kier alpha value is -2.24. The fourth-order valence-electron chi connectivity index (χ4n) is 3.88. The van der Waals surface area contributed by atoms with E-state index in [-0.39, 0.29) is 17.1 Å². The van der Waals surface area contributed by atoms with Gasteiger partial charge in [0.05, 0.1) is 5.41 Å². The Labute approximate surface area is 179 Å². The van der Waals surface area contributed by atoms with Crippen LogP contribution < -0.4 is 0 Å². The number of carbonyl (C=O) groups excluding carboxylic acids is 1. The average Bonchev–Trinajstić information content (AvgIpc) is 3.45. The predicted molar refractivity (Wildman–Crippen MR) is 115 cm³/mol. The first-order chi connectivity index (χ1) is 14.2. The first-order valence-corrected chi connectivity index (χ1v) is 11.1. The number of hydrogen-bond donors (Lipinski definition) is 3. The van der Waals surface area contributed by atoms with Gasteiger partial charge in [0.25, 0.3) is 6.47 Å². The molecule has 1 aromatic carbocycles. The number of unbranched alkanes of at least 4 members (excludes halogenated alkanes) is 4. The predicted octanol–water partition coefficient (Wildman–Crippen LogP) is 5.12. The largest absolute Gasteiger partial charge is 0.508 e. The summed E-state index contributed by atoms with van der Waals surface area (Å²) in [5.74, 6) is -0.460. The van der Waals surface area contributed by atoms with E-state index in [9.17, 15) is 19.8 Å². The molecular formula is C24H36O6. The highest BCUT2D eigenvalue weighted by atomic mass is 16.5. The molecule has 1 saturated carbocycles. The molecule has 0 amide bonds. The number of rotatable bonds is 15. The highest BCUT2D eigenvalue weighted by Crippen LogP contribution is 2.43. The molecule has 3 N–H and O–H groups in total. The molecule has 1 fully saturated rings. The fourth-order valence-corrected chi connectivity index (χ4v) is 3.88. The van der Waals surface area contributed by atoms with Crippen LogP contribution in [0.4, 0.5) is 0 Å². The number of hydrogen-bond acceptors (Lipinski definition) is 5. The van der Waals surface area contributed by atoms with Crippen LogP contribution in [-0.4, -0.2) is 33.4 Å². The molecule has 30 heavy (non-hydrogen) atoms. The molecule has 0 heterocycles. The summed E-state index contributed by atoms with van der Waals surface area (Å²) < 4.78 is 5.15. The zero-order valence-electron chi connectivity index (χ0n) is 18.3. The standard InChI is InChI=1S/C24H36O6/c1-23(2,22(28)29)13-7-3-5-9-18-11-12-20(26)19(21(18)27)10-6-4-8-14-24(15-16-24)30-17-25/h11-12,17,26-27H,3-10,13-16H2,1-2H3,(H,28,29). The van der Waals surface area contributed by atoms with Gasteiger partial charge in [0.2, 0.25) is 0 Å². The maximum absolute atomic E-state index is 11.2. The second kappa shape index (κ2) is 10.7. The first-order valence-electron chi connectivity index (χ1n) is 11.1. The van der Waals surface area contributed by atoms with Crippen LogP contribution in [0.3, 0.4) is 0 Å². The number of carbonyl (C=O) groups is 2. The van der Waals surface area contributed by atoms with Crippen molar-refractivity contribution in [1.82, 2.24) is 0 Å². The molecule has 1 aliphatic rings. The molecule has 1 aromatic rings. The van der Waals surface area contributed by atoms with Gasteiger partial charge in [0.15, 0.2) is 0 Å². The Morgan fingerprint density at radius 3 is 2.37 bits per heavy atom. The van der Waals surface area contributed by atoms with E-state index in [0.717, 1.165) is 63.4 Å². The Bertz CT molecular complexity index is 721. The number of aromatic hydroxyl groups is 2. The van der Waals surface area contributed by atoms with E-state index in [2.05, 4.69) is 0 Å². The molecule has 0 atom stereocenters. The van der Waals surface area contributed by atoms with Gasteiger partial charge in [-0.1, -0.05) is 25.3 Å². The van der Waals surface area contributed by atoms with E-state index in [1.54, 1.807) is 26.0 Å². The average molecular weight is 421 g/mol. The minimum atomic E-state index is -0.771. The molecule has 168 valence electrons. The number of aliphatic carboxylic acids is 1. The summed E-state index contributed by atoms with van der Waals surface area (Å²) in [4.78, 5) is 21.7. The Balaban J connectivity index is 1.74. The lowest BCUT2D eigenvalue weighted by molar-refractivity contribution is -0.147. The monoisotopic (exact) mass is 420 g/mol. The molecule has 2 rings (SSSR count). The smallest absolute Gasteiger partial charge is 0.309 e. The van der Waals surface area contributed by atoms with E-state index < -0.39 is 11.4 Å². The van der Waals surface area contributed by atoms with E-state index in [1.807, 2.05) is 0 Å². The van der Waals surface area contributed by atoms with Crippen LogP contribution >= 0.6 is 0 Å². The van der Waals surface area contributed by atoms with Gasteiger partial charge in [0, 0.05) is 5.56 Å².